The normalized spacial score (nSPS) is 9.50. The summed E-state index contributed by atoms with van der Waals surface area (Å²) in [5.74, 6) is 0. The maximum absolute atomic E-state index is 6.86. The van der Waals surface area contributed by atoms with Crippen LogP contribution in [-0.2, 0) is 0 Å². The predicted octanol–water partition coefficient (Wildman–Crippen LogP) is 5.76. The van der Waals surface area contributed by atoms with Gasteiger partial charge in [-0.1, -0.05) is 0 Å². The summed E-state index contributed by atoms with van der Waals surface area (Å²) in [6.07, 6.45) is 8.85. The van der Waals surface area contributed by atoms with Crippen LogP contribution in [0.4, 0.5) is 0 Å². The number of rotatable bonds is 9. The Morgan fingerprint density at radius 1 is 0.875 bits per heavy atom. The molecule has 1 N–H and O–H groups in total. The van der Waals surface area contributed by atoms with E-state index in [-0.39, 0.29) is 0 Å². The minimum atomic E-state index is -0.839. The van der Waals surface area contributed by atoms with Crippen molar-refractivity contribution in [1.29, 1.82) is 5.53 Å². The largest absolute Gasteiger partial charge is 0.108 e. The first-order valence-electron chi connectivity index (χ1n) is 6.61. The summed E-state index contributed by atoms with van der Waals surface area (Å²) in [7, 11) is 0. The standard InChI is InChI=1S/3C4H9.HN3.Sn/c3*1-3-4-2;1-3-2;/h3*1,3-4H2,2H3;1H;. The van der Waals surface area contributed by atoms with Gasteiger partial charge < -0.3 is 0 Å². The van der Waals surface area contributed by atoms with Gasteiger partial charge in [-0.15, -0.1) is 5.53 Å². The fourth-order valence-corrected chi connectivity index (χ4v) is 11.1. The summed E-state index contributed by atoms with van der Waals surface area (Å²) in [5.41, 5.74) is 12.2. The van der Waals surface area contributed by atoms with Crippen LogP contribution in [-0.4, -0.2) is 19.8 Å². The minimum Gasteiger partial charge on any atom is -0.108 e. The molecular weight excluding hydrogens is 305 g/mol. The van der Waals surface area contributed by atoms with E-state index in [0.717, 1.165) is 0 Å². The second kappa shape index (κ2) is 17.5. The Labute approximate surface area is 108 Å². The molecule has 3 nitrogen and oxygen atoms in total. The molecule has 0 aromatic carbocycles. The van der Waals surface area contributed by atoms with Crippen LogP contribution in [0.15, 0.2) is 0 Å². The topological polar surface area (TPSA) is 60.3 Å². The van der Waals surface area contributed by atoms with Crippen molar-refractivity contribution in [2.45, 2.75) is 72.6 Å². The van der Waals surface area contributed by atoms with Crippen molar-refractivity contribution in [2.75, 3.05) is 0 Å². The Balaban J connectivity index is 0. The van der Waals surface area contributed by atoms with E-state index in [1.165, 1.54) is 38.5 Å². The molecule has 0 saturated carbocycles. The average Bonchev–Trinajstić information content (AvgIpc) is 2.29. The van der Waals surface area contributed by atoms with Gasteiger partial charge in [-0.2, -0.15) is 0 Å². The van der Waals surface area contributed by atoms with E-state index < -0.39 is 19.8 Å². The first-order valence-corrected chi connectivity index (χ1v) is 12.7. The van der Waals surface area contributed by atoms with Gasteiger partial charge in [-0.3, -0.25) is 0 Å². The Kier molecular flexibility index (Phi) is 20.2. The zero-order chi connectivity index (χ0) is 12.6. The summed E-state index contributed by atoms with van der Waals surface area (Å²) >= 11 is -0.839. The maximum Gasteiger partial charge on any atom is -0.00208 e. The van der Waals surface area contributed by atoms with Gasteiger partial charge in [0.1, 0.15) is 0 Å². The first-order chi connectivity index (χ1) is 7.76. The third-order valence-corrected chi connectivity index (χ3v) is 11.7. The van der Waals surface area contributed by atoms with Crippen LogP contribution in [0.2, 0.25) is 13.3 Å². The van der Waals surface area contributed by atoms with Crippen LogP contribution in [0.1, 0.15) is 59.3 Å². The Morgan fingerprint density at radius 2 is 1.12 bits per heavy atom. The molecule has 1 radical (unpaired) electrons. The van der Waals surface area contributed by atoms with E-state index in [4.69, 9.17) is 11.1 Å². The molecule has 0 spiro atoms. The van der Waals surface area contributed by atoms with Gasteiger partial charge in [-0.05, 0) is 10.4 Å². The molecule has 0 atom stereocenters. The van der Waals surface area contributed by atoms with Gasteiger partial charge in [0.05, 0.1) is 0 Å². The van der Waals surface area contributed by atoms with Crippen LogP contribution < -0.4 is 0 Å². The number of nitrogens with zero attached hydrogens (tertiary/aromatic N) is 2. The first kappa shape index (κ1) is 18.5. The maximum atomic E-state index is 6.86. The van der Waals surface area contributed by atoms with E-state index in [1.807, 2.05) is 0 Å². The molecule has 0 aromatic rings. The van der Waals surface area contributed by atoms with E-state index >= 15 is 0 Å². The molecule has 0 rings (SSSR count). The second-order valence-electron chi connectivity index (χ2n) is 4.16. The molecule has 0 saturated heterocycles. The fraction of sp³-hybridized carbons (Fsp3) is 1.00. The van der Waals surface area contributed by atoms with Crippen molar-refractivity contribution in [2.24, 2.45) is 0 Å². The van der Waals surface area contributed by atoms with Crippen LogP contribution >= 0.6 is 0 Å². The molecule has 16 heavy (non-hydrogen) atoms. The average molecular weight is 333 g/mol. The smallest absolute Gasteiger partial charge is 0.00208 e. The van der Waals surface area contributed by atoms with Crippen molar-refractivity contribution >= 4 is 19.8 Å². The van der Waals surface area contributed by atoms with Crippen molar-refractivity contribution in [3.8, 4) is 0 Å². The minimum absolute atomic E-state index is 0.839. The second-order valence-corrected chi connectivity index (χ2v) is 12.7. The molecule has 0 amide bonds. The number of nitrogens with one attached hydrogen (secondary N) is 1. The van der Waals surface area contributed by atoms with Crippen LogP contribution in [0.3, 0.4) is 0 Å². The summed E-state index contributed by atoms with van der Waals surface area (Å²) in [5, 5.41) is 0. The van der Waals surface area contributed by atoms with Crippen LogP contribution in [0.25, 0.3) is 10.4 Å². The van der Waals surface area contributed by atoms with Gasteiger partial charge in [0.25, 0.3) is 0 Å². The molecule has 0 aromatic heterocycles. The van der Waals surface area contributed by atoms with Crippen LogP contribution in [0.5, 0.6) is 0 Å². The van der Waals surface area contributed by atoms with Crippen molar-refractivity contribution in [3.05, 3.63) is 10.4 Å². The van der Waals surface area contributed by atoms with Gasteiger partial charge in [0.15, 0.2) is 0 Å². The molecule has 0 bridgehead atoms. The summed E-state index contributed by atoms with van der Waals surface area (Å²) < 4.78 is 5.04. The van der Waals surface area contributed by atoms with E-state index in [1.54, 1.807) is 18.2 Å². The predicted molar refractivity (Wildman–Crippen MR) is 74.3 cm³/mol. The molecule has 95 valence electrons. The molecular formula is C12H28N3Sn. The monoisotopic (exact) mass is 334 g/mol. The molecule has 0 aliphatic carbocycles. The Morgan fingerprint density at radius 3 is 1.31 bits per heavy atom. The van der Waals surface area contributed by atoms with E-state index in [9.17, 15) is 0 Å². The molecule has 0 fully saturated rings. The van der Waals surface area contributed by atoms with Crippen molar-refractivity contribution < 1.29 is 0 Å². The Hall–Kier alpha value is 0.109. The van der Waals surface area contributed by atoms with Gasteiger partial charge in [0.2, 0.25) is 0 Å². The summed E-state index contributed by atoms with van der Waals surface area (Å²) in [6.45, 7) is 7.00. The van der Waals surface area contributed by atoms with Gasteiger partial charge in [0, 0.05) is 0 Å². The molecule has 0 aliphatic heterocycles. The van der Waals surface area contributed by atoms with Crippen molar-refractivity contribution in [1.82, 2.24) is 0 Å². The summed E-state index contributed by atoms with van der Waals surface area (Å²) in [6, 6.07) is 0. The summed E-state index contributed by atoms with van der Waals surface area (Å²) in [4.78, 5) is 1.75. The number of hydrogen-bond acceptors (Lipinski definition) is 1. The van der Waals surface area contributed by atoms with Crippen molar-refractivity contribution in [3.63, 3.8) is 0 Å². The fourth-order valence-electron chi connectivity index (χ4n) is 1.66. The molecule has 0 heterocycles. The van der Waals surface area contributed by atoms with E-state index in [0.29, 0.717) is 0 Å². The van der Waals surface area contributed by atoms with Gasteiger partial charge in [-0.25, -0.2) is 0 Å². The van der Waals surface area contributed by atoms with Crippen LogP contribution in [0, 0.1) is 5.53 Å². The number of hydrogen-bond donors (Lipinski definition) is 1. The third kappa shape index (κ3) is 16.5. The molecule has 0 unspecified atom stereocenters. The third-order valence-electron chi connectivity index (χ3n) is 2.65. The molecule has 4 heteroatoms. The number of unbranched alkanes of at least 4 members (excludes halogenated alkanes) is 3. The molecule has 0 aliphatic rings. The zero-order valence-electron chi connectivity index (χ0n) is 11.3. The van der Waals surface area contributed by atoms with E-state index in [2.05, 4.69) is 20.8 Å². The quantitative estimate of drug-likeness (QED) is 0.241. The van der Waals surface area contributed by atoms with Gasteiger partial charge >= 0.3 is 92.4 Å². The SMILES string of the molecule is CCC[CH2][Sn]([CH2]CCC)[CH2]CCC.[N-]=[N+]=N. The Bertz CT molecular complexity index is 137. The zero-order valence-corrected chi connectivity index (χ0v) is 14.1.